The molecule has 0 aliphatic rings. The van der Waals surface area contributed by atoms with Gasteiger partial charge in [-0.1, -0.05) is 20.8 Å². The van der Waals surface area contributed by atoms with E-state index in [-0.39, 0.29) is 12.5 Å². The third kappa shape index (κ3) is 2.82. The molecule has 0 fully saturated rings. The van der Waals surface area contributed by atoms with Crippen molar-refractivity contribution in [3.63, 3.8) is 0 Å². The van der Waals surface area contributed by atoms with E-state index in [1.165, 1.54) is 0 Å². The molecule has 9 heavy (non-hydrogen) atoms. The Morgan fingerprint density at radius 1 is 1.22 bits per heavy atom. The van der Waals surface area contributed by atoms with Crippen LogP contribution in [0, 0.1) is 11.8 Å². The third-order valence-electron chi connectivity index (χ3n) is 1.85. The summed E-state index contributed by atoms with van der Waals surface area (Å²) in [7, 11) is 0. The average Bonchev–Trinajstić information content (AvgIpc) is 1.84. The quantitative estimate of drug-likeness (QED) is 0.591. The SMILES string of the molecule is CC(C)[C@H](C)[C@@H](O)CO. The molecule has 0 aromatic heterocycles. The first-order valence-electron chi connectivity index (χ1n) is 3.38. The highest BCUT2D eigenvalue weighted by Gasteiger charge is 2.15. The summed E-state index contributed by atoms with van der Waals surface area (Å²) in [5, 5.41) is 17.6. The lowest BCUT2D eigenvalue weighted by Crippen LogP contribution is -2.25. The van der Waals surface area contributed by atoms with Gasteiger partial charge in [0.1, 0.15) is 0 Å². The zero-order valence-corrected chi connectivity index (χ0v) is 6.33. The van der Waals surface area contributed by atoms with Gasteiger partial charge in [-0.3, -0.25) is 0 Å². The normalized spacial score (nSPS) is 18.0. The summed E-state index contributed by atoms with van der Waals surface area (Å²) < 4.78 is 0. The fourth-order valence-electron chi connectivity index (χ4n) is 0.611. The van der Waals surface area contributed by atoms with E-state index in [1.807, 2.05) is 20.8 Å². The molecule has 0 aromatic rings. The van der Waals surface area contributed by atoms with Gasteiger partial charge in [0.2, 0.25) is 0 Å². The molecule has 56 valence electrons. The van der Waals surface area contributed by atoms with E-state index in [0.29, 0.717) is 5.92 Å². The van der Waals surface area contributed by atoms with Crippen molar-refractivity contribution >= 4 is 0 Å². The monoisotopic (exact) mass is 132 g/mol. The van der Waals surface area contributed by atoms with Crippen molar-refractivity contribution in [1.82, 2.24) is 0 Å². The molecule has 0 aromatic carbocycles. The highest BCUT2D eigenvalue weighted by molar-refractivity contribution is 4.65. The van der Waals surface area contributed by atoms with Crippen molar-refractivity contribution < 1.29 is 10.2 Å². The van der Waals surface area contributed by atoms with E-state index in [0.717, 1.165) is 0 Å². The minimum atomic E-state index is -0.551. The van der Waals surface area contributed by atoms with Crippen LogP contribution in [0.5, 0.6) is 0 Å². The molecular weight excluding hydrogens is 116 g/mol. The fraction of sp³-hybridized carbons (Fsp3) is 1.00. The maximum Gasteiger partial charge on any atom is 0.0798 e. The van der Waals surface area contributed by atoms with Crippen LogP contribution in [-0.4, -0.2) is 22.9 Å². The fourth-order valence-corrected chi connectivity index (χ4v) is 0.611. The molecule has 2 heteroatoms. The summed E-state index contributed by atoms with van der Waals surface area (Å²) in [5.74, 6) is 0.627. The standard InChI is InChI=1S/C7H16O2/c1-5(2)6(3)7(9)4-8/h5-9H,4H2,1-3H3/t6-,7-/m0/s1. The van der Waals surface area contributed by atoms with Crippen LogP contribution in [0.15, 0.2) is 0 Å². The second kappa shape index (κ2) is 3.85. The number of aliphatic hydroxyl groups is 2. The lowest BCUT2D eigenvalue weighted by molar-refractivity contribution is 0.0368. The van der Waals surface area contributed by atoms with Gasteiger partial charge in [-0.05, 0) is 11.8 Å². The Bertz CT molecular complexity index is 71.3. The van der Waals surface area contributed by atoms with E-state index >= 15 is 0 Å². The van der Waals surface area contributed by atoms with E-state index in [9.17, 15) is 0 Å². The topological polar surface area (TPSA) is 40.5 Å². The Labute approximate surface area is 56.5 Å². The van der Waals surface area contributed by atoms with Crippen LogP contribution in [0.1, 0.15) is 20.8 Å². The molecule has 2 nitrogen and oxygen atoms in total. The third-order valence-corrected chi connectivity index (χ3v) is 1.85. The van der Waals surface area contributed by atoms with Crippen molar-refractivity contribution in [1.29, 1.82) is 0 Å². The molecule has 0 saturated heterocycles. The van der Waals surface area contributed by atoms with Gasteiger partial charge in [-0.2, -0.15) is 0 Å². The summed E-state index contributed by atoms with van der Waals surface area (Å²) in [6.45, 7) is 5.87. The molecule has 0 spiro atoms. The first-order valence-corrected chi connectivity index (χ1v) is 3.38. The summed E-state index contributed by atoms with van der Waals surface area (Å²) >= 11 is 0. The molecule has 0 radical (unpaired) electrons. The molecule has 0 saturated carbocycles. The van der Waals surface area contributed by atoms with Gasteiger partial charge in [0.05, 0.1) is 12.7 Å². The molecule has 0 aliphatic carbocycles. The number of rotatable bonds is 3. The highest BCUT2D eigenvalue weighted by atomic mass is 16.3. The first-order chi connectivity index (χ1) is 4.09. The van der Waals surface area contributed by atoms with Gasteiger partial charge in [0, 0.05) is 0 Å². The highest BCUT2D eigenvalue weighted by Crippen LogP contribution is 2.13. The van der Waals surface area contributed by atoms with Crippen LogP contribution in [-0.2, 0) is 0 Å². The van der Waals surface area contributed by atoms with E-state index < -0.39 is 6.10 Å². The zero-order valence-electron chi connectivity index (χ0n) is 6.33. The van der Waals surface area contributed by atoms with Gasteiger partial charge in [-0.25, -0.2) is 0 Å². The predicted octanol–water partition coefficient (Wildman–Crippen LogP) is 0.632. The van der Waals surface area contributed by atoms with Crippen molar-refractivity contribution in [2.45, 2.75) is 26.9 Å². The van der Waals surface area contributed by atoms with Crippen LogP contribution in [0.3, 0.4) is 0 Å². The van der Waals surface area contributed by atoms with Gasteiger partial charge in [0.25, 0.3) is 0 Å². The minimum Gasteiger partial charge on any atom is -0.394 e. The molecule has 2 atom stereocenters. The second-order valence-electron chi connectivity index (χ2n) is 2.85. The first kappa shape index (κ1) is 8.92. The molecule has 0 unspecified atom stereocenters. The molecule has 0 aliphatic heterocycles. The zero-order chi connectivity index (χ0) is 7.44. The van der Waals surface area contributed by atoms with E-state index in [4.69, 9.17) is 10.2 Å². The molecule has 2 N–H and O–H groups in total. The number of hydrogen-bond acceptors (Lipinski definition) is 2. The maximum atomic E-state index is 9.05. The van der Waals surface area contributed by atoms with Crippen LogP contribution >= 0.6 is 0 Å². The average molecular weight is 132 g/mol. The Morgan fingerprint density at radius 2 is 1.67 bits per heavy atom. The number of aliphatic hydroxyl groups excluding tert-OH is 2. The van der Waals surface area contributed by atoms with Crippen LogP contribution in [0.25, 0.3) is 0 Å². The van der Waals surface area contributed by atoms with Crippen LogP contribution < -0.4 is 0 Å². The van der Waals surface area contributed by atoms with Crippen LogP contribution in [0.4, 0.5) is 0 Å². The molecule has 0 heterocycles. The lowest BCUT2D eigenvalue weighted by atomic mass is 9.93. The minimum absolute atomic E-state index is 0.126. The Hall–Kier alpha value is -0.0800. The molecular formula is C7H16O2. The molecule has 0 rings (SSSR count). The van der Waals surface area contributed by atoms with Crippen molar-refractivity contribution in [3.05, 3.63) is 0 Å². The van der Waals surface area contributed by atoms with Crippen molar-refractivity contribution in [2.24, 2.45) is 11.8 Å². The number of hydrogen-bond donors (Lipinski definition) is 2. The predicted molar refractivity (Wildman–Crippen MR) is 37.1 cm³/mol. The summed E-state index contributed by atoms with van der Waals surface area (Å²) in [6.07, 6.45) is -0.551. The van der Waals surface area contributed by atoms with Gasteiger partial charge < -0.3 is 10.2 Å². The van der Waals surface area contributed by atoms with Crippen LogP contribution in [0.2, 0.25) is 0 Å². The Morgan fingerprint density at radius 3 is 1.78 bits per heavy atom. The summed E-state index contributed by atoms with van der Waals surface area (Å²) in [6, 6.07) is 0. The van der Waals surface area contributed by atoms with Crippen molar-refractivity contribution in [2.75, 3.05) is 6.61 Å². The largest absolute Gasteiger partial charge is 0.394 e. The molecule has 0 amide bonds. The van der Waals surface area contributed by atoms with Gasteiger partial charge in [0.15, 0.2) is 0 Å². The van der Waals surface area contributed by atoms with Crippen molar-refractivity contribution in [3.8, 4) is 0 Å². The Kier molecular flexibility index (Phi) is 3.82. The maximum absolute atomic E-state index is 9.05. The summed E-state index contributed by atoms with van der Waals surface area (Å²) in [5.41, 5.74) is 0. The van der Waals surface area contributed by atoms with Gasteiger partial charge >= 0.3 is 0 Å². The molecule has 0 bridgehead atoms. The summed E-state index contributed by atoms with van der Waals surface area (Å²) in [4.78, 5) is 0. The van der Waals surface area contributed by atoms with E-state index in [2.05, 4.69) is 0 Å². The van der Waals surface area contributed by atoms with Gasteiger partial charge in [-0.15, -0.1) is 0 Å². The van der Waals surface area contributed by atoms with E-state index in [1.54, 1.807) is 0 Å². The lowest BCUT2D eigenvalue weighted by Gasteiger charge is -2.19. The Balaban J connectivity index is 3.58. The smallest absolute Gasteiger partial charge is 0.0798 e. The second-order valence-corrected chi connectivity index (χ2v) is 2.85.